The monoisotopic (exact) mass is 212 g/mol. The highest BCUT2D eigenvalue weighted by Crippen LogP contribution is 2.05. The predicted molar refractivity (Wildman–Crippen MR) is 55.2 cm³/mol. The average molecular weight is 212 g/mol. The lowest BCUT2D eigenvalue weighted by atomic mass is 10.1. The van der Waals surface area contributed by atoms with Crippen LogP contribution >= 0.6 is 0 Å². The van der Waals surface area contributed by atoms with E-state index in [1.54, 1.807) is 0 Å². The second kappa shape index (κ2) is 6.61. The van der Waals surface area contributed by atoms with Gasteiger partial charge in [-0.25, -0.2) is 4.99 Å². The van der Waals surface area contributed by atoms with Gasteiger partial charge in [-0.3, -0.25) is 4.79 Å². The largest absolute Gasteiger partial charge is 0.481 e. The highest BCUT2D eigenvalue weighted by molar-refractivity contribution is 5.84. The van der Waals surface area contributed by atoms with E-state index in [0.717, 1.165) is 0 Å². The summed E-state index contributed by atoms with van der Waals surface area (Å²) in [6.07, 6.45) is 1.27. The van der Waals surface area contributed by atoms with Crippen LogP contribution in [0.1, 0.15) is 6.92 Å². The predicted octanol–water partition coefficient (Wildman–Crippen LogP) is 0.775. The summed E-state index contributed by atoms with van der Waals surface area (Å²) in [7, 11) is 1.40. The Balaban J connectivity index is 4.69. The van der Waals surface area contributed by atoms with Crippen LogP contribution in [0.3, 0.4) is 0 Å². The molecule has 15 heavy (non-hydrogen) atoms. The highest BCUT2D eigenvalue weighted by Gasteiger charge is 2.16. The van der Waals surface area contributed by atoms with Crippen LogP contribution in [0.4, 0.5) is 0 Å². The first-order chi connectivity index (χ1) is 7.06. The van der Waals surface area contributed by atoms with Gasteiger partial charge in [-0.1, -0.05) is 6.08 Å². The molecule has 0 aromatic carbocycles. The first-order valence-electron chi connectivity index (χ1n) is 4.01. The number of aliphatic imine (C=N–C) groups is 1. The summed E-state index contributed by atoms with van der Waals surface area (Å²) < 4.78 is 4.75. The van der Waals surface area contributed by atoms with Crippen LogP contribution in [0.25, 0.3) is 0 Å². The van der Waals surface area contributed by atoms with E-state index in [-0.39, 0.29) is 11.5 Å². The van der Waals surface area contributed by atoms with Gasteiger partial charge < -0.3 is 9.84 Å². The van der Waals surface area contributed by atoms with Crippen molar-refractivity contribution >= 4 is 12.6 Å². The van der Waals surface area contributed by atoms with Crippen LogP contribution in [0.5, 0.6) is 0 Å². The van der Waals surface area contributed by atoms with Gasteiger partial charge in [0.1, 0.15) is 0 Å². The number of nitrogens with zero attached hydrogens (tertiary/aromatic N) is 2. The Morgan fingerprint density at radius 2 is 2.13 bits per heavy atom. The molecule has 1 N–H and O–H groups in total. The lowest BCUT2D eigenvalue weighted by Gasteiger charge is -2.03. The van der Waals surface area contributed by atoms with Gasteiger partial charge in [0.2, 0.25) is 5.88 Å². The molecule has 0 fully saturated rings. The maximum absolute atomic E-state index is 10.7. The zero-order valence-corrected chi connectivity index (χ0v) is 8.51. The van der Waals surface area contributed by atoms with E-state index in [1.165, 1.54) is 26.2 Å². The van der Waals surface area contributed by atoms with E-state index in [2.05, 4.69) is 16.9 Å². The molecule has 6 heteroatoms. The molecule has 1 atom stereocenters. The van der Waals surface area contributed by atoms with Crippen molar-refractivity contribution in [2.75, 3.05) is 7.11 Å². The topological polar surface area (TPSA) is 88.3 Å². The summed E-state index contributed by atoms with van der Waals surface area (Å²) in [5.41, 5.74) is 0.262. The van der Waals surface area contributed by atoms with Gasteiger partial charge in [-0.05, 0) is 19.2 Å². The Labute approximate surface area is 86.9 Å². The molecule has 0 aliphatic rings. The fourth-order valence-electron chi connectivity index (χ4n) is 0.724. The van der Waals surface area contributed by atoms with Gasteiger partial charge in [0, 0.05) is 11.3 Å². The zero-order chi connectivity index (χ0) is 11.8. The third-order valence-electron chi connectivity index (χ3n) is 1.61. The fraction of sp³-hybridized carbons (Fsp3) is 0.333. The maximum Gasteiger partial charge on any atom is 0.318 e. The standard InChI is InChI=1S/C9H12N2O4/c1-6(8(12)9(13)11-14)4-5-7(10-2)15-3/h4-5,8,12H,2H2,1,3H3/b6-4+,7-5+. The van der Waals surface area contributed by atoms with Gasteiger partial charge in [0.05, 0.1) is 7.11 Å². The molecule has 0 saturated heterocycles. The van der Waals surface area contributed by atoms with Crippen LogP contribution in [0, 0.1) is 4.91 Å². The van der Waals surface area contributed by atoms with Crippen molar-refractivity contribution in [2.45, 2.75) is 13.0 Å². The molecule has 6 nitrogen and oxygen atoms in total. The number of carbonyl (C=O) groups excluding carboxylic acids is 1. The summed E-state index contributed by atoms with van der Waals surface area (Å²) in [6.45, 7) is 4.71. The SMILES string of the molecule is C=N/C(=C\C=C(/C)C(O)C(=O)N=O)OC. The van der Waals surface area contributed by atoms with E-state index in [9.17, 15) is 14.8 Å². The van der Waals surface area contributed by atoms with Crippen LogP contribution in [-0.2, 0) is 9.53 Å². The van der Waals surface area contributed by atoms with Gasteiger partial charge in [-0.15, -0.1) is 4.91 Å². The number of ether oxygens (including phenoxy) is 1. The summed E-state index contributed by atoms with van der Waals surface area (Å²) in [5, 5.41) is 11.3. The van der Waals surface area contributed by atoms with Gasteiger partial charge in [-0.2, -0.15) is 0 Å². The Morgan fingerprint density at radius 1 is 1.53 bits per heavy atom. The van der Waals surface area contributed by atoms with E-state index in [0.29, 0.717) is 0 Å². The fourth-order valence-corrected chi connectivity index (χ4v) is 0.724. The van der Waals surface area contributed by atoms with E-state index in [1.807, 2.05) is 0 Å². The van der Waals surface area contributed by atoms with Crippen LogP contribution < -0.4 is 0 Å². The molecule has 0 aromatic rings. The minimum atomic E-state index is -1.53. The summed E-state index contributed by atoms with van der Waals surface area (Å²) in [4.78, 5) is 24.0. The molecule has 0 heterocycles. The minimum absolute atomic E-state index is 0.230. The molecule has 0 saturated carbocycles. The number of carbonyl (C=O) groups is 1. The molecule has 82 valence electrons. The number of nitroso groups, excluding NO2 is 1. The third kappa shape index (κ3) is 4.28. The number of rotatable bonds is 5. The molecule has 0 aliphatic heterocycles. The molecule has 1 amide bonds. The summed E-state index contributed by atoms with van der Waals surface area (Å²) >= 11 is 0. The Kier molecular flexibility index (Phi) is 5.81. The van der Waals surface area contributed by atoms with E-state index < -0.39 is 12.0 Å². The molecule has 0 aliphatic carbocycles. The van der Waals surface area contributed by atoms with Crippen molar-refractivity contribution in [1.29, 1.82) is 0 Å². The van der Waals surface area contributed by atoms with Crippen molar-refractivity contribution in [3.63, 3.8) is 0 Å². The molecule has 0 aromatic heterocycles. The quantitative estimate of drug-likeness (QED) is 0.315. The highest BCUT2D eigenvalue weighted by atomic mass is 16.5. The van der Waals surface area contributed by atoms with Crippen molar-refractivity contribution in [1.82, 2.24) is 0 Å². The number of methoxy groups -OCH3 is 1. The second-order valence-corrected chi connectivity index (χ2v) is 2.61. The van der Waals surface area contributed by atoms with Crippen molar-refractivity contribution < 1.29 is 14.6 Å². The Bertz CT molecular complexity index is 320. The first-order valence-corrected chi connectivity index (χ1v) is 4.01. The minimum Gasteiger partial charge on any atom is -0.481 e. The Hall–Kier alpha value is -1.82. The lowest BCUT2D eigenvalue weighted by molar-refractivity contribution is -0.124. The van der Waals surface area contributed by atoms with Gasteiger partial charge in [0.15, 0.2) is 6.10 Å². The maximum atomic E-state index is 10.7. The smallest absolute Gasteiger partial charge is 0.318 e. The number of hydrogen-bond donors (Lipinski definition) is 1. The van der Waals surface area contributed by atoms with Crippen molar-refractivity contribution in [3.8, 4) is 0 Å². The van der Waals surface area contributed by atoms with Crippen molar-refractivity contribution in [2.24, 2.45) is 10.2 Å². The first kappa shape index (κ1) is 13.2. The molecule has 0 bridgehead atoms. The number of allylic oxidation sites excluding steroid dienone is 2. The zero-order valence-electron chi connectivity index (χ0n) is 8.51. The molecular formula is C9H12N2O4. The number of aliphatic hydroxyl groups excluding tert-OH is 1. The molecular weight excluding hydrogens is 200 g/mol. The van der Waals surface area contributed by atoms with E-state index >= 15 is 0 Å². The number of amides is 1. The number of hydrogen-bond acceptors (Lipinski definition) is 5. The average Bonchev–Trinajstić information content (AvgIpc) is 2.27. The molecule has 0 radical (unpaired) electrons. The Morgan fingerprint density at radius 3 is 2.53 bits per heavy atom. The van der Waals surface area contributed by atoms with Crippen molar-refractivity contribution in [3.05, 3.63) is 28.5 Å². The van der Waals surface area contributed by atoms with Gasteiger partial charge >= 0.3 is 5.91 Å². The van der Waals surface area contributed by atoms with E-state index in [4.69, 9.17) is 4.74 Å². The lowest BCUT2D eigenvalue weighted by Crippen LogP contribution is -2.18. The molecule has 0 rings (SSSR count). The molecule has 1 unspecified atom stereocenters. The van der Waals surface area contributed by atoms with Crippen LogP contribution in [-0.4, -0.2) is 30.9 Å². The second-order valence-electron chi connectivity index (χ2n) is 2.61. The third-order valence-corrected chi connectivity index (χ3v) is 1.61. The van der Waals surface area contributed by atoms with Gasteiger partial charge in [0.25, 0.3) is 0 Å². The number of aliphatic hydroxyl groups is 1. The summed E-state index contributed by atoms with van der Waals surface area (Å²) in [6, 6.07) is 0. The van der Waals surface area contributed by atoms with Crippen LogP contribution in [0.15, 0.2) is 33.8 Å². The normalized spacial score (nSPS) is 14.3. The van der Waals surface area contributed by atoms with Crippen LogP contribution in [0.2, 0.25) is 0 Å². The summed E-state index contributed by atoms with van der Waals surface area (Å²) in [5.74, 6) is -0.907. The molecule has 0 spiro atoms.